The molecule has 4 rings (SSSR count). The minimum Gasteiger partial charge on any atom is -0.497 e. The van der Waals surface area contributed by atoms with Crippen LogP contribution in [0.2, 0.25) is 0 Å². The summed E-state index contributed by atoms with van der Waals surface area (Å²) in [5.41, 5.74) is 5.63. The summed E-state index contributed by atoms with van der Waals surface area (Å²) in [6, 6.07) is 16.0. The SMILES string of the molecule is CCOC(=O)c1[nH]c2c(c1-c1ccc(OC)cc1)C(=O)C[C@H](c1ccc(C(C)(C)C)cc1)C2. The predicted molar refractivity (Wildman–Crippen MR) is 129 cm³/mol. The molecule has 3 aromatic rings. The van der Waals surface area contributed by atoms with Crippen LogP contribution in [-0.2, 0) is 16.6 Å². The molecular weight excluding hydrogens is 414 g/mol. The average molecular weight is 446 g/mol. The Hall–Kier alpha value is -3.34. The highest BCUT2D eigenvalue weighted by molar-refractivity contribution is 6.10. The second kappa shape index (κ2) is 8.89. The number of hydrogen-bond donors (Lipinski definition) is 1. The fourth-order valence-corrected chi connectivity index (χ4v) is 4.55. The quantitative estimate of drug-likeness (QED) is 0.484. The van der Waals surface area contributed by atoms with E-state index in [1.165, 1.54) is 5.56 Å². The number of aromatic amines is 1. The van der Waals surface area contributed by atoms with Gasteiger partial charge < -0.3 is 14.5 Å². The Labute approximate surface area is 195 Å². The molecule has 5 heteroatoms. The smallest absolute Gasteiger partial charge is 0.355 e. The lowest BCUT2D eigenvalue weighted by atomic mass is 9.79. The van der Waals surface area contributed by atoms with Crippen LogP contribution in [0.25, 0.3) is 11.1 Å². The molecule has 0 radical (unpaired) electrons. The summed E-state index contributed by atoms with van der Waals surface area (Å²) in [6.45, 7) is 8.61. The molecule has 1 atom stereocenters. The maximum Gasteiger partial charge on any atom is 0.355 e. The van der Waals surface area contributed by atoms with Crippen LogP contribution in [0, 0.1) is 0 Å². The number of hydrogen-bond acceptors (Lipinski definition) is 4. The maximum atomic E-state index is 13.4. The molecule has 1 aliphatic rings. The summed E-state index contributed by atoms with van der Waals surface area (Å²) in [5.74, 6) is 0.373. The van der Waals surface area contributed by atoms with E-state index in [0.717, 1.165) is 16.8 Å². The van der Waals surface area contributed by atoms with Crippen molar-refractivity contribution in [2.75, 3.05) is 13.7 Å². The highest BCUT2D eigenvalue weighted by Crippen LogP contribution is 2.40. The van der Waals surface area contributed by atoms with E-state index < -0.39 is 5.97 Å². The third-order valence-electron chi connectivity index (χ3n) is 6.35. The number of benzene rings is 2. The maximum absolute atomic E-state index is 13.4. The van der Waals surface area contributed by atoms with E-state index in [1.807, 2.05) is 24.3 Å². The highest BCUT2D eigenvalue weighted by atomic mass is 16.5. The van der Waals surface area contributed by atoms with Gasteiger partial charge in [-0.05, 0) is 53.5 Å². The number of methoxy groups -OCH3 is 1. The molecule has 172 valence electrons. The monoisotopic (exact) mass is 445 g/mol. The molecule has 33 heavy (non-hydrogen) atoms. The Bertz CT molecular complexity index is 1160. The lowest BCUT2D eigenvalue weighted by Crippen LogP contribution is -2.19. The molecule has 1 heterocycles. The molecule has 0 bridgehead atoms. The van der Waals surface area contributed by atoms with E-state index in [2.05, 4.69) is 50.0 Å². The number of aromatic nitrogens is 1. The van der Waals surface area contributed by atoms with Crippen LogP contribution >= 0.6 is 0 Å². The molecule has 0 aliphatic heterocycles. The molecule has 0 saturated heterocycles. The van der Waals surface area contributed by atoms with Crippen LogP contribution < -0.4 is 4.74 Å². The van der Waals surface area contributed by atoms with Crippen molar-refractivity contribution in [1.29, 1.82) is 0 Å². The Morgan fingerprint density at radius 2 is 1.67 bits per heavy atom. The van der Waals surface area contributed by atoms with Crippen molar-refractivity contribution in [2.45, 2.75) is 51.9 Å². The molecule has 0 amide bonds. The number of ketones is 1. The van der Waals surface area contributed by atoms with Gasteiger partial charge in [-0.2, -0.15) is 0 Å². The largest absolute Gasteiger partial charge is 0.497 e. The van der Waals surface area contributed by atoms with Gasteiger partial charge in [0.2, 0.25) is 0 Å². The van der Waals surface area contributed by atoms with Crippen LogP contribution in [0.4, 0.5) is 0 Å². The summed E-state index contributed by atoms with van der Waals surface area (Å²) in [4.78, 5) is 29.4. The van der Waals surface area contributed by atoms with Crippen molar-refractivity contribution >= 4 is 11.8 Å². The predicted octanol–water partition coefficient (Wildman–Crippen LogP) is 6.08. The van der Waals surface area contributed by atoms with Crippen LogP contribution in [0.15, 0.2) is 48.5 Å². The van der Waals surface area contributed by atoms with Gasteiger partial charge >= 0.3 is 5.97 Å². The number of carbonyl (C=O) groups excluding carboxylic acids is 2. The van der Waals surface area contributed by atoms with Gasteiger partial charge in [-0.1, -0.05) is 57.2 Å². The first-order valence-electron chi connectivity index (χ1n) is 11.4. The molecule has 2 aromatic carbocycles. The zero-order chi connectivity index (χ0) is 23.8. The number of carbonyl (C=O) groups is 2. The minimum absolute atomic E-state index is 0.0405. The van der Waals surface area contributed by atoms with Crippen molar-refractivity contribution < 1.29 is 19.1 Å². The molecule has 1 N–H and O–H groups in total. The molecular formula is C28H31NO4. The molecule has 0 fully saturated rings. The van der Waals surface area contributed by atoms with Crippen molar-refractivity contribution in [3.8, 4) is 16.9 Å². The number of Topliss-reactive ketones (excluding diaryl/α,β-unsaturated/α-hetero) is 1. The van der Waals surface area contributed by atoms with Gasteiger partial charge in [0.05, 0.1) is 13.7 Å². The number of ether oxygens (including phenoxy) is 2. The van der Waals surface area contributed by atoms with Crippen molar-refractivity contribution in [1.82, 2.24) is 4.98 Å². The lowest BCUT2D eigenvalue weighted by molar-refractivity contribution is 0.0521. The van der Waals surface area contributed by atoms with Gasteiger partial charge in [-0.15, -0.1) is 0 Å². The van der Waals surface area contributed by atoms with Gasteiger partial charge in [0.15, 0.2) is 5.78 Å². The second-order valence-corrected chi connectivity index (χ2v) is 9.58. The summed E-state index contributed by atoms with van der Waals surface area (Å²) in [5, 5.41) is 0. The first-order valence-corrected chi connectivity index (χ1v) is 11.4. The second-order valence-electron chi connectivity index (χ2n) is 9.58. The molecule has 0 spiro atoms. The molecule has 0 saturated carbocycles. The molecule has 5 nitrogen and oxygen atoms in total. The van der Waals surface area contributed by atoms with Crippen molar-refractivity contribution in [3.63, 3.8) is 0 Å². The van der Waals surface area contributed by atoms with E-state index in [4.69, 9.17) is 9.47 Å². The van der Waals surface area contributed by atoms with Crippen molar-refractivity contribution in [2.24, 2.45) is 0 Å². The van der Waals surface area contributed by atoms with Crippen LogP contribution in [-0.4, -0.2) is 30.5 Å². The number of H-pyrrole nitrogens is 1. The molecule has 0 unspecified atom stereocenters. The van der Waals surface area contributed by atoms with Gasteiger partial charge in [0.25, 0.3) is 0 Å². The summed E-state index contributed by atoms with van der Waals surface area (Å²) in [7, 11) is 1.61. The number of rotatable bonds is 5. The van der Waals surface area contributed by atoms with Crippen molar-refractivity contribution in [3.05, 3.63) is 76.6 Å². The summed E-state index contributed by atoms with van der Waals surface area (Å²) in [6.07, 6.45) is 1.07. The number of fused-ring (bicyclic) bond motifs is 1. The fourth-order valence-electron chi connectivity index (χ4n) is 4.55. The van der Waals surface area contributed by atoms with Crippen LogP contribution in [0.1, 0.15) is 77.7 Å². The average Bonchev–Trinajstić information content (AvgIpc) is 3.19. The van der Waals surface area contributed by atoms with Crippen LogP contribution in [0.5, 0.6) is 5.75 Å². The number of nitrogens with one attached hydrogen (secondary N) is 1. The first-order chi connectivity index (χ1) is 15.7. The summed E-state index contributed by atoms with van der Waals surface area (Å²) < 4.78 is 10.6. The van der Waals surface area contributed by atoms with Gasteiger partial charge in [-0.25, -0.2) is 4.79 Å². The van der Waals surface area contributed by atoms with Crippen LogP contribution in [0.3, 0.4) is 0 Å². The number of esters is 1. The minimum atomic E-state index is -0.448. The van der Waals surface area contributed by atoms with E-state index >= 15 is 0 Å². The zero-order valence-corrected chi connectivity index (χ0v) is 20.0. The summed E-state index contributed by atoms with van der Waals surface area (Å²) >= 11 is 0. The highest BCUT2D eigenvalue weighted by Gasteiger charge is 2.34. The Kier molecular flexibility index (Phi) is 6.15. The van der Waals surface area contributed by atoms with Gasteiger partial charge in [0, 0.05) is 23.2 Å². The Morgan fingerprint density at radius 1 is 1.00 bits per heavy atom. The lowest BCUT2D eigenvalue weighted by Gasteiger charge is -2.24. The third-order valence-corrected chi connectivity index (χ3v) is 6.35. The third kappa shape index (κ3) is 4.45. The normalized spacial score (nSPS) is 15.8. The van der Waals surface area contributed by atoms with E-state index in [-0.39, 0.29) is 23.7 Å². The fraction of sp³-hybridized carbons (Fsp3) is 0.357. The topological polar surface area (TPSA) is 68.4 Å². The Morgan fingerprint density at radius 3 is 2.24 bits per heavy atom. The van der Waals surface area contributed by atoms with Gasteiger partial charge in [0.1, 0.15) is 11.4 Å². The standard InChI is InChI=1S/C28H31NO4/c1-6-33-27(31)26-24(18-9-13-21(32-5)14-10-18)25-22(29-26)15-19(16-23(25)30)17-7-11-20(12-8-17)28(2,3)4/h7-14,19,29H,6,15-16H2,1-5H3/t19-/m1/s1. The molecule has 1 aliphatic carbocycles. The zero-order valence-electron chi connectivity index (χ0n) is 20.0. The van der Waals surface area contributed by atoms with E-state index in [9.17, 15) is 9.59 Å². The van der Waals surface area contributed by atoms with E-state index in [0.29, 0.717) is 35.4 Å². The van der Waals surface area contributed by atoms with Gasteiger partial charge in [-0.3, -0.25) is 4.79 Å². The molecule has 1 aromatic heterocycles. The Balaban J connectivity index is 1.74. The van der Waals surface area contributed by atoms with E-state index in [1.54, 1.807) is 14.0 Å². The first kappa shape index (κ1) is 22.8.